The normalized spacial score (nSPS) is 10.4. The molecule has 3 aromatic heterocycles. The highest BCUT2D eigenvalue weighted by Crippen LogP contribution is 2.20. The molecule has 0 aliphatic heterocycles. The van der Waals surface area contributed by atoms with Crippen molar-refractivity contribution < 1.29 is 4.74 Å². The summed E-state index contributed by atoms with van der Waals surface area (Å²) in [4.78, 5) is 12.2. The zero-order chi connectivity index (χ0) is 15.4. The first-order valence-electron chi connectivity index (χ1n) is 6.65. The maximum absolute atomic E-state index is 5.58. The summed E-state index contributed by atoms with van der Waals surface area (Å²) in [7, 11) is 0. The number of nitrogens with two attached hydrogens (primary N) is 1. The van der Waals surface area contributed by atoms with Crippen LogP contribution in [0.4, 0.5) is 17.6 Å². The van der Waals surface area contributed by atoms with Crippen molar-refractivity contribution in [1.82, 2.24) is 25.1 Å². The highest BCUT2D eigenvalue weighted by molar-refractivity contribution is 5.57. The smallest absolute Gasteiger partial charge is 0.235 e. The fourth-order valence-electron chi connectivity index (χ4n) is 1.78. The number of H-pyrrole nitrogens is 1. The Bertz CT molecular complexity index is 757. The zero-order valence-corrected chi connectivity index (χ0v) is 11.9. The van der Waals surface area contributed by atoms with Crippen LogP contribution in [0.3, 0.4) is 0 Å². The summed E-state index contributed by atoms with van der Waals surface area (Å²) in [6, 6.07) is 7.39. The number of rotatable bonds is 5. The van der Waals surface area contributed by atoms with Gasteiger partial charge in [0.2, 0.25) is 11.8 Å². The summed E-state index contributed by atoms with van der Waals surface area (Å²) in [5.74, 6) is 1.94. The number of ether oxygens (including phenoxy) is 1. The minimum atomic E-state index is 0.208. The minimum absolute atomic E-state index is 0.208. The van der Waals surface area contributed by atoms with Crippen LogP contribution in [0, 0.1) is 6.92 Å². The lowest BCUT2D eigenvalue weighted by Crippen LogP contribution is -2.02. The van der Waals surface area contributed by atoms with E-state index in [0.29, 0.717) is 24.1 Å². The molecule has 3 rings (SSSR count). The van der Waals surface area contributed by atoms with Gasteiger partial charge in [-0.2, -0.15) is 4.98 Å². The summed E-state index contributed by atoms with van der Waals surface area (Å²) < 4.78 is 5.56. The maximum Gasteiger partial charge on any atom is 0.235 e. The van der Waals surface area contributed by atoms with E-state index in [1.165, 1.54) is 0 Å². The number of nitrogens with zero attached hydrogens (tertiary/aromatic N) is 4. The van der Waals surface area contributed by atoms with Crippen LogP contribution in [-0.2, 0) is 6.61 Å². The number of pyridine rings is 1. The van der Waals surface area contributed by atoms with Crippen LogP contribution >= 0.6 is 0 Å². The van der Waals surface area contributed by atoms with Crippen LogP contribution in [-0.4, -0.2) is 25.1 Å². The lowest BCUT2D eigenvalue weighted by Gasteiger charge is -2.05. The fourth-order valence-corrected chi connectivity index (χ4v) is 1.78. The Morgan fingerprint density at radius 2 is 2.23 bits per heavy atom. The van der Waals surface area contributed by atoms with E-state index in [1.807, 2.05) is 25.1 Å². The predicted molar refractivity (Wildman–Crippen MR) is 81.6 cm³/mol. The molecule has 8 heteroatoms. The molecule has 0 fully saturated rings. The first-order valence-corrected chi connectivity index (χ1v) is 6.65. The van der Waals surface area contributed by atoms with Crippen molar-refractivity contribution in [3.63, 3.8) is 0 Å². The predicted octanol–water partition coefficient (Wildman–Crippen LogP) is 1.81. The van der Waals surface area contributed by atoms with Crippen LogP contribution in [0.15, 0.2) is 36.7 Å². The molecule has 3 aromatic rings. The van der Waals surface area contributed by atoms with Gasteiger partial charge in [-0.15, -0.1) is 5.10 Å². The molecule has 3 heterocycles. The van der Waals surface area contributed by atoms with Gasteiger partial charge in [-0.25, -0.2) is 4.98 Å². The summed E-state index contributed by atoms with van der Waals surface area (Å²) in [5.41, 5.74) is 7.29. The van der Waals surface area contributed by atoms with Gasteiger partial charge in [0.15, 0.2) is 0 Å². The van der Waals surface area contributed by atoms with E-state index in [-0.39, 0.29) is 5.95 Å². The van der Waals surface area contributed by atoms with Gasteiger partial charge >= 0.3 is 0 Å². The Morgan fingerprint density at radius 1 is 1.32 bits per heavy atom. The monoisotopic (exact) mass is 297 g/mol. The SMILES string of the molecule is Cc1cnc(N)nc1Nc1cc(OCc2ccccn2)n[nH]1. The van der Waals surface area contributed by atoms with Crippen molar-refractivity contribution in [3.8, 4) is 5.88 Å². The summed E-state index contributed by atoms with van der Waals surface area (Å²) >= 11 is 0. The number of nitrogens with one attached hydrogen (secondary N) is 2. The van der Waals surface area contributed by atoms with E-state index in [4.69, 9.17) is 10.5 Å². The standard InChI is InChI=1S/C14H15N7O/c1-9-7-17-14(15)19-13(9)18-11-6-12(21-20-11)22-8-10-4-2-3-5-16-10/h2-7H,8H2,1H3,(H4,15,17,18,19,20,21). The Labute approximate surface area is 126 Å². The zero-order valence-electron chi connectivity index (χ0n) is 11.9. The number of aromatic nitrogens is 5. The van der Waals surface area contributed by atoms with Crippen molar-refractivity contribution in [2.24, 2.45) is 0 Å². The van der Waals surface area contributed by atoms with Crippen molar-refractivity contribution in [2.75, 3.05) is 11.1 Å². The number of hydrogen-bond acceptors (Lipinski definition) is 7. The molecule has 0 aliphatic carbocycles. The van der Waals surface area contributed by atoms with E-state index in [1.54, 1.807) is 18.5 Å². The third-order valence-electron chi connectivity index (χ3n) is 2.89. The summed E-state index contributed by atoms with van der Waals surface area (Å²) in [6.07, 6.45) is 3.37. The van der Waals surface area contributed by atoms with E-state index < -0.39 is 0 Å². The first-order chi connectivity index (χ1) is 10.7. The van der Waals surface area contributed by atoms with E-state index >= 15 is 0 Å². The van der Waals surface area contributed by atoms with Gasteiger partial charge in [0.25, 0.3) is 0 Å². The van der Waals surface area contributed by atoms with Crippen LogP contribution in [0.5, 0.6) is 5.88 Å². The summed E-state index contributed by atoms with van der Waals surface area (Å²) in [5, 5.41) is 9.98. The molecule has 0 amide bonds. The van der Waals surface area contributed by atoms with Gasteiger partial charge in [-0.3, -0.25) is 10.1 Å². The molecule has 0 bridgehead atoms. The Morgan fingerprint density at radius 3 is 3.05 bits per heavy atom. The van der Waals surface area contributed by atoms with Crippen LogP contribution < -0.4 is 15.8 Å². The largest absolute Gasteiger partial charge is 0.470 e. The van der Waals surface area contributed by atoms with Gasteiger partial charge in [-0.1, -0.05) is 6.07 Å². The average Bonchev–Trinajstić information content (AvgIpc) is 2.98. The third kappa shape index (κ3) is 3.29. The molecule has 0 atom stereocenters. The molecule has 22 heavy (non-hydrogen) atoms. The highest BCUT2D eigenvalue weighted by Gasteiger charge is 2.06. The molecule has 0 aliphatic rings. The van der Waals surface area contributed by atoms with Gasteiger partial charge < -0.3 is 15.8 Å². The van der Waals surface area contributed by atoms with Crippen LogP contribution in [0.1, 0.15) is 11.3 Å². The van der Waals surface area contributed by atoms with Gasteiger partial charge in [0, 0.05) is 24.0 Å². The molecular formula is C14H15N7O. The molecule has 0 saturated heterocycles. The van der Waals surface area contributed by atoms with Crippen molar-refractivity contribution in [1.29, 1.82) is 0 Å². The lowest BCUT2D eigenvalue weighted by atomic mass is 10.3. The van der Waals surface area contributed by atoms with Gasteiger partial charge in [0.1, 0.15) is 18.2 Å². The number of hydrogen-bond donors (Lipinski definition) is 3. The second-order valence-corrected chi connectivity index (χ2v) is 4.61. The Hall–Kier alpha value is -3.16. The Kier molecular flexibility index (Phi) is 3.82. The lowest BCUT2D eigenvalue weighted by molar-refractivity contribution is 0.289. The fraction of sp³-hybridized carbons (Fsp3) is 0.143. The molecule has 8 nitrogen and oxygen atoms in total. The molecule has 0 spiro atoms. The second-order valence-electron chi connectivity index (χ2n) is 4.61. The number of anilines is 3. The average molecular weight is 297 g/mol. The number of aromatic amines is 1. The molecule has 112 valence electrons. The van der Waals surface area contributed by atoms with Crippen LogP contribution in [0.2, 0.25) is 0 Å². The quantitative estimate of drug-likeness (QED) is 0.657. The molecule has 0 aromatic carbocycles. The third-order valence-corrected chi connectivity index (χ3v) is 2.89. The maximum atomic E-state index is 5.58. The van der Waals surface area contributed by atoms with Crippen molar-refractivity contribution in [3.05, 3.63) is 47.9 Å². The summed E-state index contributed by atoms with van der Waals surface area (Å²) in [6.45, 7) is 2.24. The molecule has 0 unspecified atom stereocenters. The minimum Gasteiger partial charge on any atom is -0.470 e. The van der Waals surface area contributed by atoms with Gasteiger partial charge in [0.05, 0.1) is 5.69 Å². The highest BCUT2D eigenvalue weighted by atomic mass is 16.5. The Balaban J connectivity index is 1.65. The van der Waals surface area contributed by atoms with Crippen LogP contribution in [0.25, 0.3) is 0 Å². The van der Waals surface area contributed by atoms with Crippen molar-refractivity contribution >= 4 is 17.6 Å². The van der Waals surface area contributed by atoms with E-state index in [0.717, 1.165) is 11.3 Å². The second kappa shape index (κ2) is 6.08. The molecular weight excluding hydrogens is 282 g/mol. The van der Waals surface area contributed by atoms with Crippen molar-refractivity contribution in [2.45, 2.75) is 13.5 Å². The number of aryl methyl sites for hydroxylation is 1. The molecule has 4 N–H and O–H groups in total. The first kappa shape index (κ1) is 13.8. The van der Waals surface area contributed by atoms with E-state index in [9.17, 15) is 0 Å². The molecule has 0 saturated carbocycles. The van der Waals surface area contributed by atoms with Gasteiger partial charge in [-0.05, 0) is 19.1 Å². The number of nitrogen functional groups attached to an aromatic ring is 1. The topological polar surface area (TPSA) is 115 Å². The van der Waals surface area contributed by atoms with E-state index in [2.05, 4.69) is 30.5 Å². The molecule has 0 radical (unpaired) electrons.